The SMILES string of the molecule is O=C(c1cc(-c2ccco2)on1)N(C1CCCCC1)C1CCCC1. The van der Waals surface area contributed by atoms with E-state index in [1.54, 1.807) is 18.4 Å². The number of nitrogens with zero attached hydrogens (tertiary/aromatic N) is 2. The van der Waals surface area contributed by atoms with Crippen LogP contribution in [0.5, 0.6) is 0 Å². The van der Waals surface area contributed by atoms with Crippen LogP contribution in [0.1, 0.15) is 68.3 Å². The second-order valence-electron chi connectivity index (χ2n) is 7.00. The van der Waals surface area contributed by atoms with Crippen molar-refractivity contribution in [2.45, 2.75) is 69.9 Å². The van der Waals surface area contributed by atoms with Gasteiger partial charge < -0.3 is 13.8 Å². The maximum Gasteiger partial charge on any atom is 0.276 e. The molecular formula is C19H24N2O3. The molecule has 5 nitrogen and oxygen atoms in total. The monoisotopic (exact) mass is 328 g/mol. The molecule has 0 radical (unpaired) electrons. The molecule has 0 spiro atoms. The normalized spacial score (nSPS) is 19.7. The lowest BCUT2D eigenvalue weighted by atomic mass is 9.92. The van der Waals surface area contributed by atoms with Gasteiger partial charge in [0.25, 0.3) is 5.91 Å². The molecule has 0 N–H and O–H groups in total. The summed E-state index contributed by atoms with van der Waals surface area (Å²) >= 11 is 0. The van der Waals surface area contributed by atoms with Gasteiger partial charge in [-0.1, -0.05) is 37.3 Å². The number of hydrogen-bond acceptors (Lipinski definition) is 4. The van der Waals surface area contributed by atoms with Crippen LogP contribution in [0.4, 0.5) is 0 Å². The molecule has 2 aromatic rings. The number of carbonyl (C=O) groups is 1. The van der Waals surface area contributed by atoms with Crippen LogP contribution in [0.3, 0.4) is 0 Å². The van der Waals surface area contributed by atoms with Gasteiger partial charge in [-0.15, -0.1) is 0 Å². The zero-order chi connectivity index (χ0) is 16.4. The van der Waals surface area contributed by atoms with Gasteiger partial charge in [0, 0.05) is 18.2 Å². The fraction of sp³-hybridized carbons (Fsp3) is 0.579. The molecule has 24 heavy (non-hydrogen) atoms. The highest BCUT2D eigenvalue weighted by Crippen LogP contribution is 2.32. The zero-order valence-electron chi connectivity index (χ0n) is 13.9. The van der Waals surface area contributed by atoms with Crippen molar-refractivity contribution < 1.29 is 13.7 Å². The van der Waals surface area contributed by atoms with Crippen molar-refractivity contribution in [1.29, 1.82) is 0 Å². The topological polar surface area (TPSA) is 59.5 Å². The van der Waals surface area contributed by atoms with E-state index in [9.17, 15) is 4.79 Å². The fourth-order valence-electron chi connectivity index (χ4n) is 4.21. The number of carbonyl (C=O) groups excluding carboxylic acids is 1. The molecule has 0 atom stereocenters. The molecule has 2 heterocycles. The van der Waals surface area contributed by atoms with Crippen molar-refractivity contribution in [3.05, 3.63) is 30.2 Å². The summed E-state index contributed by atoms with van der Waals surface area (Å²) in [4.78, 5) is 15.3. The molecule has 0 unspecified atom stereocenters. The Morgan fingerprint density at radius 1 is 1.00 bits per heavy atom. The second kappa shape index (κ2) is 6.83. The van der Waals surface area contributed by atoms with Crippen LogP contribution in [-0.2, 0) is 0 Å². The minimum Gasteiger partial charge on any atom is -0.461 e. The summed E-state index contributed by atoms with van der Waals surface area (Å²) in [5, 5.41) is 4.03. The molecule has 2 fully saturated rings. The van der Waals surface area contributed by atoms with E-state index in [4.69, 9.17) is 8.94 Å². The van der Waals surface area contributed by atoms with Gasteiger partial charge in [0.15, 0.2) is 11.5 Å². The maximum atomic E-state index is 13.2. The lowest BCUT2D eigenvalue weighted by Gasteiger charge is -2.38. The van der Waals surface area contributed by atoms with E-state index in [-0.39, 0.29) is 5.91 Å². The van der Waals surface area contributed by atoms with Gasteiger partial charge in [-0.25, -0.2) is 0 Å². The van der Waals surface area contributed by atoms with E-state index < -0.39 is 0 Å². The Labute approximate surface area is 142 Å². The Hall–Kier alpha value is -2.04. The summed E-state index contributed by atoms with van der Waals surface area (Å²) in [6, 6.07) is 6.05. The van der Waals surface area contributed by atoms with Crippen molar-refractivity contribution in [1.82, 2.24) is 10.1 Å². The summed E-state index contributed by atoms with van der Waals surface area (Å²) < 4.78 is 10.7. The predicted molar refractivity (Wildman–Crippen MR) is 89.5 cm³/mol. The molecule has 1 amide bonds. The molecule has 0 aromatic carbocycles. The Kier molecular flexibility index (Phi) is 4.41. The lowest BCUT2D eigenvalue weighted by Crippen LogP contribution is -2.47. The van der Waals surface area contributed by atoms with Crippen molar-refractivity contribution in [3.63, 3.8) is 0 Å². The van der Waals surface area contributed by atoms with Crippen molar-refractivity contribution in [2.75, 3.05) is 0 Å². The van der Waals surface area contributed by atoms with Gasteiger partial charge >= 0.3 is 0 Å². The maximum absolute atomic E-state index is 13.2. The molecule has 2 aliphatic carbocycles. The molecule has 2 saturated carbocycles. The molecule has 0 aliphatic heterocycles. The van der Waals surface area contributed by atoms with Crippen LogP contribution >= 0.6 is 0 Å². The van der Waals surface area contributed by atoms with E-state index in [2.05, 4.69) is 10.1 Å². The average Bonchev–Trinajstić information content (AvgIpc) is 3.37. The second-order valence-corrected chi connectivity index (χ2v) is 7.00. The first-order valence-corrected chi connectivity index (χ1v) is 9.16. The Bertz CT molecular complexity index is 665. The fourth-order valence-corrected chi connectivity index (χ4v) is 4.21. The first-order chi connectivity index (χ1) is 11.8. The molecule has 4 rings (SSSR count). The van der Waals surface area contributed by atoms with Gasteiger partial charge in [-0.3, -0.25) is 4.79 Å². The minimum atomic E-state index is 0.0235. The van der Waals surface area contributed by atoms with Crippen LogP contribution in [-0.4, -0.2) is 28.0 Å². The number of amides is 1. The largest absolute Gasteiger partial charge is 0.461 e. The molecule has 2 aliphatic rings. The van der Waals surface area contributed by atoms with Crippen LogP contribution in [0.25, 0.3) is 11.5 Å². The number of furan rings is 1. The third kappa shape index (κ3) is 2.99. The quantitative estimate of drug-likeness (QED) is 0.819. The summed E-state index contributed by atoms with van der Waals surface area (Å²) in [6.45, 7) is 0. The summed E-state index contributed by atoms with van der Waals surface area (Å²) in [5.74, 6) is 1.14. The van der Waals surface area contributed by atoms with E-state index >= 15 is 0 Å². The van der Waals surface area contributed by atoms with Crippen LogP contribution in [0.15, 0.2) is 33.4 Å². The van der Waals surface area contributed by atoms with Crippen LogP contribution in [0, 0.1) is 0 Å². The van der Waals surface area contributed by atoms with Crippen molar-refractivity contribution in [2.24, 2.45) is 0 Å². The van der Waals surface area contributed by atoms with Gasteiger partial charge in [0.1, 0.15) is 0 Å². The Morgan fingerprint density at radius 3 is 2.29 bits per heavy atom. The zero-order valence-corrected chi connectivity index (χ0v) is 13.9. The van der Waals surface area contributed by atoms with Gasteiger partial charge in [-0.05, 0) is 37.8 Å². The first-order valence-electron chi connectivity index (χ1n) is 9.16. The predicted octanol–water partition coefficient (Wildman–Crippen LogP) is 4.65. The summed E-state index contributed by atoms with van der Waals surface area (Å²) in [7, 11) is 0. The molecule has 0 bridgehead atoms. The average molecular weight is 328 g/mol. The third-order valence-corrected chi connectivity index (χ3v) is 5.41. The van der Waals surface area contributed by atoms with E-state index in [1.165, 1.54) is 32.1 Å². The Balaban J connectivity index is 1.58. The van der Waals surface area contributed by atoms with Crippen molar-refractivity contribution in [3.8, 4) is 11.5 Å². The lowest BCUT2D eigenvalue weighted by molar-refractivity contribution is 0.0507. The molecular weight excluding hydrogens is 304 g/mol. The van der Waals surface area contributed by atoms with E-state index in [0.29, 0.717) is 29.3 Å². The third-order valence-electron chi connectivity index (χ3n) is 5.41. The van der Waals surface area contributed by atoms with E-state index in [1.807, 2.05) is 6.07 Å². The highest BCUT2D eigenvalue weighted by atomic mass is 16.5. The minimum absolute atomic E-state index is 0.0235. The number of aromatic nitrogens is 1. The highest BCUT2D eigenvalue weighted by molar-refractivity contribution is 5.93. The first kappa shape index (κ1) is 15.5. The molecule has 128 valence electrons. The highest BCUT2D eigenvalue weighted by Gasteiger charge is 2.35. The van der Waals surface area contributed by atoms with Crippen LogP contribution < -0.4 is 0 Å². The van der Waals surface area contributed by atoms with Gasteiger partial charge in [-0.2, -0.15) is 0 Å². The van der Waals surface area contributed by atoms with Crippen molar-refractivity contribution >= 4 is 5.91 Å². The smallest absolute Gasteiger partial charge is 0.276 e. The molecule has 0 saturated heterocycles. The van der Waals surface area contributed by atoms with Gasteiger partial charge in [0.05, 0.1) is 6.26 Å². The standard InChI is InChI=1S/C19H24N2O3/c22-19(16-13-18(24-20-16)17-11-6-12-23-17)21(15-9-4-5-10-15)14-7-2-1-3-8-14/h6,11-15H,1-5,7-10H2. The van der Waals surface area contributed by atoms with Crippen LogP contribution in [0.2, 0.25) is 0 Å². The Morgan fingerprint density at radius 2 is 1.67 bits per heavy atom. The number of rotatable bonds is 4. The van der Waals surface area contributed by atoms with Gasteiger partial charge in [0.2, 0.25) is 5.76 Å². The number of hydrogen-bond donors (Lipinski definition) is 0. The molecule has 2 aromatic heterocycles. The molecule has 5 heteroatoms. The summed E-state index contributed by atoms with van der Waals surface area (Å²) in [6.07, 6.45) is 12.2. The van der Waals surface area contributed by atoms with E-state index in [0.717, 1.165) is 25.7 Å². The summed E-state index contributed by atoms with van der Waals surface area (Å²) in [5.41, 5.74) is 0.402.